The summed E-state index contributed by atoms with van der Waals surface area (Å²) in [5.74, 6) is 0. The summed E-state index contributed by atoms with van der Waals surface area (Å²) in [5.41, 5.74) is 5.05. The fourth-order valence-electron chi connectivity index (χ4n) is 3.43. The SMILES string of the molecule is C=C(c1ccc(-c2ccccn2)nc1)N1CCN(COCc2ccccc2)CC1. The highest BCUT2D eigenvalue weighted by Gasteiger charge is 2.19. The molecule has 4 rings (SSSR count). The third kappa shape index (κ3) is 5.08. The molecule has 1 aliphatic heterocycles. The number of benzene rings is 1. The molecule has 5 heteroatoms. The van der Waals surface area contributed by atoms with Gasteiger partial charge in [0.25, 0.3) is 0 Å². The van der Waals surface area contributed by atoms with Crippen LogP contribution in [0.4, 0.5) is 0 Å². The van der Waals surface area contributed by atoms with Gasteiger partial charge in [-0.15, -0.1) is 0 Å². The Hall–Kier alpha value is -3.02. The Morgan fingerprint density at radius 3 is 2.31 bits per heavy atom. The molecule has 1 saturated heterocycles. The van der Waals surface area contributed by atoms with E-state index in [4.69, 9.17) is 4.74 Å². The first-order valence-electron chi connectivity index (χ1n) is 9.95. The van der Waals surface area contributed by atoms with E-state index in [0.29, 0.717) is 13.3 Å². The summed E-state index contributed by atoms with van der Waals surface area (Å²) >= 11 is 0. The molecule has 3 aromatic rings. The van der Waals surface area contributed by atoms with Crippen molar-refractivity contribution < 1.29 is 4.74 Å². The molecule has 2 aromatic heterocycles. The van der Waals surface area contributed by atoms with Crippen molar-refractivity contribution >= 4 is 5.70 Å². The standard InChI is InChI=1S/C24H26N4O/c1-20(22-10-11-24(26-17-22)23-9-5-6-12-25-23)28-15-13-27(14-16-28)19-29-18-21-7-3-2-4-8-21/h2-12,17H,1,13-16,18-19H2. The molecule has 0 bridgehead atoms. The summed E-state index contributed by atoms with van der Waals surface area (Å²) in [7, 11) is 0. The van der Waals surface area contributed by atoms with Crippen molar-refractivity contribution in [2.75, 3.05) is 32.9 Å². The number of hydrogen-bond acceptors (Lipinski definition) is 5. The maximum absolute atomic E-state index is 5.86. The predicted octanol–water partition coefficient (Wildman–Crippen LogP) is 3.91. The summed E-state index contributed by atoms with van der Waals surface area (Å²) in [5, 5.41) is 0. The highest BCUT2D eigenvalue weighted by atomic mass is 16.5. The third-order valence-corrected chi connectivity index (χ3v) is 5.16. The Morgan fingerprint density at radius 1 is 0.862 bits per heavy atom. The van der Waals surface area contributed by atoms with Crippen molar-refractivity contribution in [1.29, 1.82) is 0 Å². The molecule has 0 N–H and O–H groups in total. The molecule has 1 aliphatic rings. The number of piperazine rings is 1. The van der Waals surface area contributed by atoms with Crippen LogP contribution in [0.3, 0.4) is 0 Å². The molecule has 1 aromatic carbocycles. The van der Waals surface area contributed by atoms with Gasteiger partial charge in [0.15, 0.2) is 0 Å². The lowest BCUT2D eigenvalue weighted by atomic mass is 10.1. The van der Waals surface area contributed by atoms with Gasteiger partial charge in [-0.2, -0.15) is 0 Å². The number of pyridine rings is 2. The van der Waals surface area contributed by atoms with Gasteiger partial charge >= 0.3 is 0 Å². The van der Waals surface area contributed by atoms with Crippen LogP contribution in [0, 0.1) is 0 Å². The highest BCUT2D eigenvalue weighted by Crippen LogP contribution is 2.21. The van der Waals surface area contributed by atoms with E-state index in [1.807, 2.05) is 48.7 Å². The minimum atomic E-state index is 0.655. The Bertz CT molecular complexity index is 905. The number of ether oxygens (including phenoxy) is 1. The number of hydrogen-bond donors (Lipinski definition) is 0. The Balaban J connectivity index is 1.25. The van der Waals surface area contributed by atoms with E-state index in [1.54, 1.807) is 6.20 Å². The zero-order valence-electron chi connectivity index (χ0n) is 16.6. The molecule has 0 spiro atoms. The minimum Gasteiger partial charge on any atom is -0.369 e. The van der Waals surface area contributed by atoms with Gasteiger partial charge in [0.2, 0.25) is 0 Å². The summed E-state index contributed by atoms with van der Waals surface area (Å²) in [6.07, 6.45) is 3.68. The molecule has 3 heterocycles. The lowest BCUT2D eigenvalue weighted by Gasteiger charge is -2.36. The zero-order valence-corrected chi connectivity index (χ0v) is 16.6. The Labute approximate surface area is 172 Å². The molecule has 5 nitrogen and oxygen atoms in total. The summed E-state index contributed by atoms with van der Waals surface area (Å²) in [6.45, 7) is 9.43. The van der Waals surface area contributed by atoms with Crippen LogP contribution < -0.4 is 0 Å². The van der Waals surface area contributed by atoms with E-state index in [-0.39, 0.29) is 0 Å². The number of aromatic nitrogens is 2. The van der Waals surface area contributed by atoms with E-state index in [0.717, 1.165) is 48.8 Å². The second kappa shape index (κ2) is 9.45. The molecule has 1 fully saturated rings. The molecule has 0 amide bonds. The van der Waals surface area contributed by atoms with Gasteiger partial charge in [0.05, 0.1) is 24.7 Å². The molecule has 0 unspecified atom stereocenters. The monoisotopic (exact) mass is 386 g/mol. The van der Waals surface area contributed by atoms with Crippen LogP contribution in [0.15, 0.2) is 79.6 Å². The van der Waals surface area contributed by atoms with Crippen LogP contribution in [0.25, 0.3) is 17.1 Å². The van der Waals surface area contributed by atoms with Crippen molar-refractivity contribution in [3.05, 3.63) is 90.8 Å². The molecule has 0 saturated carbocycles. The van der Waals surface area contributed by atoms with Gasteiger partial charge < -0.3 is 9.64 Å². The third-order valence-electron chi connectivity index (χ3n) is 5.16. The van der Waals surface area contributed by atoms with E-state index >= 15 is 0 Å². The van der Waals surface area contributed by atoms with Crippen molar-refractivity contribution in [2.45, 2.75) is 6.61 Å². The minimum absolute atomic E-state index is 0.655. The first kappa shape index (κ1) is 19.3. The fourth-order valence-corrected chi connectivity index (χ4v) is 3.43. The van der Waals surface area contributed by atoms with Crippen LogP contribution in [-0.4, -0.2) is 52.7 Å². The molecule has 29 heavy (non-hydrogen) atoms. The predicted molar refractivity (Wildman–Crippen MR) is 116 cm³/mol. The smallest absolute Gasteiger partial charge is 0.0996 e. The summed E-state index contributed by atoms with van der Waals surface area (Å²) in [4.78, 5) is 13.6. The second-order valence-electron chi connectivity index (χ2n) is 7.16. The molecule has 0 radical (unpaired) electrons. The van der Waals surface area contributed by atoms with E-state index in [9.17, 15) is 0 Å². The Kier molecular flexibility index (Phi) is 6.29. The maximum Gasteiger partial charge on any atom is 0.0996 e. The van der Waals surface area contributed by atoms with E-state index in [1.165, 1.54) is 5.56 Å². The van der Waals surface area contributed by atoms with E-state index < -0.39 is 0 Å². The van der Waals surface area contributed by atoms with Gasteiger partial charge in [-0.1, -0.05) is 43.0 Å². The fraction of sp³-hybridized carbons (Fsp3) is 0.250. The number of rotatable bonds is 7. The van der Waals surface area contributed by atoms with Gasteiger partial charge in [0.1, 0.15) is 0 Å². The molecular weight excluding hydrogens is 360 g/mol. The van der Waals surface area contributed by atoms with Crippen LogP contribution >= 0.6 is 0 Å². The zero-order chi connectivity index (χ0) is 19.9. The first-order chi connectivity index (χ1) is 14.3. The second-order valence-corrected chi connectivity index (χ2v) is 7.16. The van der Waals surface area contributed by atoms with E-state index in [2.05, 4.69) is 44.5 Å². The maximum atomic E-state index is 5.86. The quantitative estimate of drug-likeness (QED) is 0.616. The molecule has 0 aliphatic carbocycles. The van der Waals surface area contributed by atoms with Crippen molar-refractivity contribution in [2.24, 2.45) is 0 Å². The van der Waals surface area contributed by atoms with Crippen LogP contribution in [0.2, 0.25) is 0 Å². The summed E-state index contributed by atoms with van der Waals surface area (Å²) < 4.78 is 5.86. The molecular formula is C24H26N4O. The Morgan fingerprint density at radius 2 is 1.62 bits per heavy atom. The highest BCUT2D eigenvalue weighted by molar-refractivity contribution is 5.64. The largest absolute Gasteiger partial charge is 0.369 e. The average molecular weight is 386 g/mol. The van der Waals surface area contributed by atoms with Gasteiger partial charge in [-0.3, -0.25) is 14.9 Å². The van der Waals surface area contributed by atoms with Crippen molar-refractivity contribution in [3.63, 3.8) is 0 Å². The summed E-state index contributed by atoms with van der Waals surface area (Å²) in [6, 6.07) is 20.2. The van der Waals surface area contributed by atoms with Crippen LogP contribution in [0.1, 0.15) is 11.1 Å². The van der Waals surface area contributed by atoms with Gasteiger partial charge in [-0.05, 0) is 29.8 Å². The lowest BCUT2D eigenvalue weighted by Crippen LogP contribution is -2.45. The van der Waals surface area contributed by atoms with Crippen molar-refractivity contribution in [3.8, 4) is 11.4 Å². The van der Waals surface area contributed by atoms with Crippen LogP contribution in [-0.2, 0) is 11.3 Å². The molecule has 148 valence electrons. The van der Waals surface area contributed by atoms with Gasteiger partial charge in [0, 0.05) is 49.8 Å². The van der Waals surface area contributed by atoms with Crippen molar-refractivity contribution in [1.82, 2.24) is 19.8 Å². The lowest BCUT2D eigenvalue weighted by molar-refractivity contribution is 0.00207. The van der Waals surface area contributed by atoms with Crippen LogP contribution in [0.5, 0.6) is 0 Å². The average Bonchev–Trinajstić information content (AvgIpc) is 2.80. The normalized spacial score (nSPS) is 14.7. The number of nitrogens with zero attached hydrogens (tertiary/aromatic N) is 4. The first-order valence-corrected chi connectivity index (χ1v) is 9.95. The molecule has 0 atom stereocenters. The van der Waals surface area contributed by atoms with Gasteiger partial charge in [-0.25, -0.2) is 0 Å². The topological polar surface area (TPSA) is 41.5 Å².